The van der Waals surface area contributed by atoms with Crippen LogP contribution >= 0.6 is 12.6 Å². The van der Waals surface area contributed by atoms with Crippen molar-refractivity contribution < 1.29 is 9.59 Å². The van der Waals surface area contributed by atoms with Crippen LogP contribution in [-0.2, 0) is 17.6 Å². The Balaban J connectivity index is 1.82. The molecule has 0 aliphatic heterocycles. The Morgan fingerprint density at radius 1 is 0.920 bits per heavy atom. The molecule has 0 aliphatic rings. The van der Waals surface area contributed by atoms with Crippen LogP contribution in [0, 0.1) is 0 Å². The molecular formula is C20H24N2O2S. The van der Waals surface area contributed by atoms with Crippen molar-refractivity contribution in [1.82, 2.24) is 10.6 Å². The van der Waals surface area contributed by atoms with E-state index in [1.165, 1.54) is 5.56 Å². The fraction of sp³-hybridized carbons (Fsp3) is 0.300. The van der Waals surface area contributed by atoms with E-state index in [1.54, 1.807) is 0 Å². The van der Waals surface area contributed by atoms with Gasteiger partial charge in [0.15, 0.2) is 5.12 Å². The molecule has 0 aromatic heterocycles. The van der Waals surface area contributed by atoms with Crippen molar-refractivity contribution in [2.45, 2.75) is 31.7 Å². The second-order valence-corrected chi connectivity index (χ2v) is 6.45. The van der Waals surface area contributed by atoms with Crippen LogP contribution in [0.2, 0.25) is 0 Å². The van der Waals surface area contributed by atoms with Crippen molar-refractivity contribution in [3.63, 3.8) is 0 Å². The van der Waals surface area contributed by atoms with Gasteiger partial charge in [-0.15, -0.1) is 12.6 Å². The molecule has 2 N–H and O–H groups in total. The monoisotopic (exact) mass is 356 g/mol. The minimum atomic E-state index is -0.205. The molecule has 0 heterocycles. The molecule has 0 saturated heterocycles. The van der Waals surface area contributed by atoms with Gasteiger partial charge < -0.3 is 10.6 Å². The van der Waals surface area contributed by atoms with Gasteiger partial charge in [-0.1, -0.05) is 60.7 Å². The van der Waals surface area contributed by atoms with Gasteiger partial charge in [-0.3, -0.25) is 4.79 Å². The van der Waals surface area contributed by atoms with Crippen LogP contribution < -0.4 is 10.6 Å². The highest BCUT2D eigenvalue weighted by Gasteiger charge is 2.14. The third-order valence-electron chi connectivity index (χ3n) is 3.91. The van der Waals surface area contributed by atoms with Crippen LogP contribution in [0.25, 0.3) is 0 Å². The summed E-state index contributed by atoms with van der Waals surface area (Å²) in [4.78, 5) is 23.3. The summed E-state index contributed by atoms with van der Waals surface area (Å²) in [6.45, 7) is 0.569. The zero-order chi connectivity index (χ0) is 17.9. The number of thiol groups is 1. The number of carbonyl (C=O) groups excluding carboxylic acids is 2. The average Bonchev–Trinajstić information content (AvgIpc) is 2.61. The number of hydrogen-bond acceptors (Lipinski definition) is 2. The molecule has 0 radical (unpaired) electrons. The quantitative estimate of drug-likeness (QED) is 0.603. The van der Waals surface area contributed by atoms with E-state index in [1.807, 2.05) is 60.7 Å². The summed E-state index contributed by atoms with van der Waals surface area (Å²) in [5.74, 6) is 0. The van der Waals surface area contributed by atoms with Crippen LogP contribution in [0.1, 0.15) is 24.0 Å². The van der Waals surface area contributed by atoms with E-state index in [0.29, 0.717) is 25.8 Å². The standard InChI is InChI=1S/C20H24N2O2S/c23-19(25)12-11-18(15-17-9-5-2-6-10-17)22-20(24)21-14-13-16-7-3-1-4-8-16/h1-10,18H,11-15H2,(H,23,25)(H2,21,22,24)/t18-/m0/s1. The van der Waals surface area contributed by atoms with Crippen molar-refractivity contribution in [1.29, 1.82) is 0 Å². The molecule has 132 valence electrons. The van der Waals surface area contributed by atoms with E-state index < -0.39 is 0 Å². The Bertz CT molecular complexity index is 662. The second kappa shape index (κ2) is 10.6. The lowest BCUT2D eigenvalue weighted by Crippen LogP contribution is -2.43. The van der Waals surface area contributed by atoms with Crippen LogP contribution in [0.4, 0.5) is 4.79 Å². The van der Waals surface area contributed by atoms with Gasteiger partial charge in [-0.2, -0.15) is 0 Å². The summed E-state index contributed by atoms with van der Waals surface area (Å²) in [6.07, 6.45) is 2.38. The number of nitrogens with one attached hydrogen (secondary N) is 2. The maximum atomic E-state index is 12.2. The number of hydrogen-bond donors (Lipinski definition) is 3. The van der Waals surface area contributed by atoms with E-state index in [4.69, 9.17) is 0 Å². The predicted molar refractivity (Wildman–Crippen MR) is 104 cm³/mol. The Morgan fingerprint density at radius 3 is 2.12 bits per heavy atom. The molecule has 2 aromatic carbocycles. The molecular weight excluding hydrogens is 332 g/mol. The van der Waals surface area contributed by atoms with Gasteiger partial charge >= 0.3 is 6.03 Å². The normalized spacial score (nSPS) is 11.6. The first-order valence-electron chi connectivity index (χ1n) is 8.47. The maximum absolute atomic E-state index is 12.2. The molecule has 4 nitrogen and oxygen atoms in total. The highest BCUT2D eigenvalue weighted by atomic mass is 32.1. The number of urea groups is 1. The second-order valence-electron chi connectivity index (χ2n) is 5.95. The fourth-order valence-corrected chi connectivity index (χ4v) is 2.75. The minimum Gasteiger partial charge on any atom is -0.338 e. The van der Waals surface area contributed by atoms with Gasteiger partial charge in [0, 0.05) is 19.0 Å². The molecule has 5 heteroatoms. The van der Waals surface area contributed by atoms with E-state index in [2.05, 4.69) is 23.3 Å². The average molecular weight is 356 g/mol. The van der Waals surface area contributed by atoms with Crippen molar-refractivity contribution in [2.24, 2.45) is 0 Å². The van der Waals surface area contributed by atoms with Crippen molar-refractivity contribution in [2.75, 3.05) is 6.54 Å². The third kappa shape index (κ3) is 7.90. The summed E-state index contributed by atoms with van der Waals surface area (Å²) in [5.41, 5.74) is 2.31. The number of carbonyl (C=O) groups is 2. The van der Waals surface area contributed by atoms with E-state index >= 15 is 0 Å². The Labute approximate surface area is 154 Å². The molecule has 0 unspecified atom stereocenters. The lowest BCUT2D eigenvalue weighted by molar-refractivity contribution is -0.111. The molecule has 0 aliphatic carbocycles. The number of rotatable bonds is 9. The lowest BCUT2D eigenvalue weighted by atomic mass is 10.0. The molecule has 2 rings (SSSR count). The topological polar surface area (TPSA) is 58.2 Å². The summed E-state index contributed by atoms with van der Waals surface area (Å²) in [7, 11) is 0. The van der Waals surface area contributed by atoms with Crippen LogP contribution in [0.3, 0.4) is 0 Å². The van der Waals surface area contributed by atoms with Crippen LogP contribution in [0.5, 0.6) is 0 Å². The Kier molecular flexibility index (Phi) is 8.05. The summed E-state index contributed by atoms with van der Waals surface area (Å²) < 4.78 is 0. The molecule has 2 amide bonds. The SMILES string of the molecule is O=C(S)CC[C@@H](Cc1ccccc1)NC(=O)NCCc1ccccc1. The van der Waals surface area contributed by atoms with Crippen molar-refractivity contribution >= 4 is 23.8 Å². The molecule has 25 heavy (non-hydrogen) atoms. The smallest absolute Gasteiger partial charge is 0.315 e. The molecule has 1 atom stereocenters. The summed E-state index contributed by atoms with van der Waals surface area (Å²) >= 11 is 3.82. The number of benzene rings is 2. The highest BCUT2D eigenvalue weighted by molar-refractivity contribution is 7.96. The van der Waals surface area contributed by atoms with Crippen LogP contribution in [-0.4, -0.2) is 23.7 Å². The maximum Gasteiger partial charge on any atom is 0.315 e. The third-order valence-corrected chi connectivity index (χ3v) is 4.13. The summed E-state index contributed by atoms with van der Waals surface area (Å²) in [6, 6.07) is 19.6. The predicted octanol–water partition coefficient (Wildman–Crippen LogP) is 3.38. The van der Waals surface area contributed by atoms with Gasteiger partial charge in [0.25, 0.3) is 0 Å². The lowest BCUT2D eigenvalue weighted by Gasteiger charge is -2.19. The van der Waals surface area contributed by atoms with Gasteiger partial charge in [-0.25, -0.2) is 4.79 Å². The Hall–Kier alpha value is -2.27. The van der Waals surface area contributed by atoms with E-state index in [-0.39, 0.29) is 17.2 Å². The highest BCUT2D eigenvalue weighted by Crippen LogP contribution is 2.09. The molecule has 2 aromatic rings. The zero-order valence-electron chi connectivity index (χ0n) is 14.2. The molecule has 0 saturated carbocycles. The van der Waals surface area contributed by atoms with Gasteiger partial charge in [0.05, 0.1) is 0 Å². The van der Waals surface area contributed by atoms with Gasteiger partial charge in [-0.05, 0) is 30.4 Å². The molecule has 0 spiro atoms. The number of amides is 2. The summed E-state index contributed by atoms with van der Waals surface area (Å²) in [5, 5.41) is 5.69. The van der Waals surface area contributed by atoms with Crippen LogP contribution in [0.15, 0.2) is 60.7 Å². The van der Waals surface area contributed by atoms with E-state index in [9.17, 15) is 9.59 Å². The largest absolute Gasteiger partial charge is 0.338 e. The zero-order valence-corrected chi connectivity index (χ0v) is 15.0. The minimum absolute atomic E-state index is 0.102. The Morgan fingerprint density at radius 2 is 1.52 bits per heavy atom. The molecule has 0 fully saturated rings. The first kappa shape index (κ1) is 19.1. The first-order chi connectivity index (χ1) is 12.1. The molecule has 0 bridgehead atoms. The van der Waals surface area contributed by atoms with Gasteiger partial charge in [0.1, 0.15) is 0 Å². The van der Waals surface area contributed by atoms with Gasteiger partial charge in [0.2, 0.25) is 0 Å². The first-order valence-corrected chi connectivity index (χ1v) is 8.92. The van der Waals surface area contributed by atoms with E-state index in [0.717, 1.165) is 12.0 Å². The fourth-order valence-electron chi connectivity index (χ4n) is 2.62. The van der Waals surface area contributed by atoms with Crippen molar-refractivity contribution in [3.05, 3.63) is 71.8 Å². The van der Waals surface area contributed by atoms with Crippen molar-refractivity contribution in [3.8, 4) is 0 Å².